The van der Waals surface area contributed by atoms with Crippen LogP contribution in [-0.2, 0) is 22.9 Å². The fourth-order valence-corrected chi connectivity index (χ4v) is 5.18. The zero-order chi connectivity index (χ0) is 20.5. The normalized spacial score (nSPS) is 16.4. The first kappa shape index (κ1) is 20.5. The Balaban J connectivity index is 1.99. The number of likely N-dealkylation sites (N-methyl/N-ethyl adjacent to an activating group) is 1. The van der Waals surface area contributed by atoms with E-state index in [1.54, 1.807) is 19.2 Å². The maximum atomic E-state index is 12.9. The molecule has 0 radical (unpaired) electrons. The number of nitrogens with zero attached hydrogens (tertiary/aromatic N) is 2. The van der Waals surface area contributed by atoms with Crippen molar-refractivity contribution in [3.63, 3.8) is 0 Å². The molecule has 1 N–H and O–H groups in total. The van der Waals surface area contributed by atoms with Gasteiger partial charge in [-0.15, -0.1) is 0 Å². The maximum absolute atomic E-state index is 12.9. The monoisotopic (exact) mass is 419 g/mol. The van der Waals surface area contributed by atoms with Crippen molar-refractivity contribution in [3.05, 3.63) is 52.0 Å². The molecule has 0 unspecified atom stereocenters. The van der Waals surface area contributed by atoms with E-state index in [0.717, 1.165) is 36.1 Å². The highest BCUT2D eigenvalue weighted by atomic mass is 35.5. The van der Waals surface area contributed by atoms with Crippen LogP contribution in [-0.4, -0.2) is 40.6 Å². The highest BCUT2D eigenvalue weighted by Crippen LogP contribution is 2.37. The summed E-state index contributed by atoms with van der Waals surface area (Å²) in [6.07, 6.45) is 2.46. The number of nitrogens with one attached hydrogen (secondary N) is 1. The quantitative estimate of drug-likeness (QED) is 0.802. The lowest BCUT2D eigenvalue weighted by Gasteiger charge is -2.32. The van der Waals surface area contributed by atoms with Gasteiger partial charge in [0.25, 0.3) is 10.0 Å². The number of halogens is 1. The van der Waals surface area contributed by atoms with E-state index in [2.05, 4.69) is 9.62 Å². The largest absolute Gasteiger partial charge is 0.496 e. The highest BCUT2D eigenvalue weighted by molar-refractivity contribution is 7.92. The first-order valence-corrected chi connectivity index (χ1v) is 10.7. The van der Waals surface area contributed by atoms with Crippen LogP contribution < -0.4 is 9.46 Å². The average molecular weight is 420 g/mol. The Morgan fingerprint density at radius 2 is 2.00 bits per heavy atom. The van der Waals surface area contributed by atoms with Crippen LogP contribution in [0.25, 0.3) is 0 Å². The number of methoxy groups -OCH3 is 1. The summed E-state index contributed by atoms with van der Waals surface area (Å²) in [5.41, 5.74) is 2.82. The van der Waals surface area contributed by atoms with Crippen molar-refractivity contribution in [3.8, 4) is 11.8 Å². The van der Waals surface area contributed by atoms with E-state index in [1.807, 2.05) is 20.2 Å². The predicted octanol–water partition coefficient (Wildman–Crippen LogP) is 3.44. The lowest BCUT2D eigenvalue weighted by atomic mass is 9.86. The van der Waals surface area contributed by atoms with Gasteiger partial charge in [0.05, 0.1) is 29.5 Å². The predicted molar refractivity (Wildman–Crippen MR) is 109 cm³/mol. The van der Waals surface area contributed by atoms with E-state index >= 15 is 0 Å². The number of benzene rings is 2. The minimum atomic E-state index is -3.89. The average Bonchev–Trinajstić information content (AvgIpc) is 2.67. The molecule has 0 bridgehead atoms. The second-order valence-corrected chi connectivity index (χ2v) is 9.05. The van der Waals surface area contributed by atoms with Gasteiger partial charge < -0.3 is 9.64 Å². The van der Waals surface area contributed by atoms with Crippen LogP contribution in [0.15, 0.2) is 35.2 Å². The lowest BCUT2D eigenvalue weighted by Crippen LogP contribution is -2.34. The maximum Gasteiger partial charge on any atom is 0.263 e. The smallest absolute Gasteiger partial charge is 0.263 e. The summed E-state index contributed by atoms with van der Waals surface area (Å²) in [6.45, 7) is 0. The van der Waals surface area contributed by atoms with Crippen LogP contribution in [0.1, 0.15) is 23.1 Å². The Morgan fingerprint density at radius 1 is 1.25 bits per heavy atom. The molecule has 3 rings (SSSR count). The van der Waals surface area contributed by atoms with Crippen LogP contribution in [0.3, 0.4) is 0 Å². The Morgan fingerprint density at radius 3 is 2.61 bits per heavy atom. The minimum Gasteiger partial charge on any atom is -0.496 e. The topological polar surface area (TPSA) is 82.4 Å². The number of hydrogen-bond acceptors (Lipinski definition) is 5. The molecule has 0 aromatic heterocycles. The minimum absolute atomic E-state index is 0.0154. The van der Waals surface area contributed by atoms with Crippen molar-refractivity contribution in [2.75, 3.05) is 25.9 Å². The molecule has 0 heterocycles. The molecule has 6 nitrogen and oxygen atoms in total. The van der Waals surface area contributed by atoms with Gasteiger partial charge in [-0.1, -0.05) is 11.6 Å². The van der Waals surface area contributed by atoms with Gasteiger partial charge in [0.2, 0.25) is 0 Å². The van der Waals surface area contributed by atoms with E-state index in [-0.39, 0.29) is 9.92 Å². The van der Waals surface area contributed by atoms with E-state index in [0.29, 0.717) is 17.3 Å². The summed E-state index contributed by atoms with van der Waals surface area (Å²) in [6, 6.07) is 9.97. The number of ether oxygens (including phenoxy) is 1. The molecule has 0 spiro atoms. The summed E-state index contributed by atoms with van der Waals surface area (Å²) in [5.74, 6) is 0.765. The standard InChI is InChI=1S/C20H22ClN3O3S/c1-24(2)14-5-6-15-16(11-14)19(27-3)8-7-18(15)23-28(25,26)20-9-4-13(12-22)10-17(20)21/h4,7-10,14,23H,5-6,11H2,1-3H3/t14-/m0/s1. The number of hydrogen-bond donors (Lipinski definition) is 1. The first-order chi connectivity index (χ1) is 13.3. The van der Waals surface area contributed by atoms with Gasteiger partial charge in [-0.3, -0.25) is 4.72 Å². The number of fused-ring (bicyclic) bond motifs is 1. The van der Waals surface area contributed by atoms with E-state index in [1.165, 1.54) is 18.2 Å². The summed E-state index contributed by atoms with van der Waals surface area (Å²) in [5, 5.41) is 8.96. The fraction of sp³-hybridized carbons (Fsp3) is 0.350. The Hall–Kier alpha value is -2.27. The summed E-state index contributed by atoms with van der Waals surface area (Å²) in [4.78, 5) is 2.12. The molecule has 0 fully saturated rings. The summed E-state index contributed by atoms with van der Waals surface area (Å²) >= 11 is 6.11. The van der Waals surface area contributed by atoms with E-state index in [4.69, 9.17) is 21.6 Å². The Kier molecular flexibility index (Phi) is 5.84. The van der Waals surface area contributed by atoms with Gasteiger partial charge in [-0.25, -0.2) is 8.42 Å². The molecule has 148 valence electrons. The molecule has 1 aliphatic carbocycles. The van der Waals surface area contributed by atoms with Gasteiger partial charge in [-0.2, -0.15) is 5.26 Å². The molecule has 2 aromatic rings. The molecular formula is C20H22ClN3O3S. The number of rotatable bonds is 5. The molecule has 0 amide bonds. The van der Waals surface area contributed by atoms with Crippen LogP contribution in [0.4, 0.5) is 5.69 Å². The van der Waals surface area contributed by atoms with E-state index < -0.39 is 10.0 Å². The molecule has 0 saturated carbocycles. The number of nitriles is 1. The Labute approximate surface area is 170 Å². The van der Waals surface area contributed by atoms with Crippen molar-refractivity contribution < 1.29 is 13.2 Å². The van der Waals surface area contributed by atoms with Gasteiger partial charge in [0.1, 0.15) is 10.6 Å². The Bertz CT molecular complexity index is 1050. The van der Waals surface area contributed by atoms with Crippen molar-refractivity contribution in [2.45, 2.75) is 30.2 Å². The van der Waals surface area contributed by atoms with Crippen LogP contribution in [0.5, 0.6) is 5.75 Å². The fourth-order valence-electron chi connectivity index (χ4n) is 3.55. The van der Waals surface area contributed by atoms with Crippen molar-refractivity contribution in [2.24, 2.45) is 0 Å². The molecule has 1 atom stereocenters. The second-order valence-electron chi connectivity index (χ2n) is 7.00. The summed E-state index contributed by atoms with van der Waals surface area (Å²) in [7, 11) is 1.81. The molecule has 0 saturated heterocycles. The summed E-state index contributed by atoms with van der Waals surface area (Å²) < 4.78 is 34.0. The first-order valence-electron chi connectivity index (χ1n) is 8.84. The molecule has 8 heteroatoms. The van der Waals surface area contributed by atoms with Gasteiger partial charge in [-0.05, 0) is 69.3 Å². The number of anilines is 1. The third kappa shape index (κ3) is 3.95. The van der Waals surface area contributed by atoms with Gasteiger partial charge in [0, 0.05) is 11.6 Å². The SMILES string of the molecule is COc1ccc(NS(=O)(=O)c2ccc(C#N)cc2Cl)c2c1C[C@@H](N(C)C)CC2. The third-order valence-corrected chi connectivity index (χ3v) is 6.95. The van der Waals surface area contributed by atoms with Gasteiger partial charge >= 0.3 is 0 Å². The van der Waals surface area contributed by atoms with Crippen molar-refractivity contribution in [1.82, 2.24) is 4.90 Å². The van der Waals surface area contributed by atoms with Crippen LogP contribution >= 0.6 is 11.6 Å². The molecule has 1 aliphatic rings. The zero-order valence-corrected chi connectivity index (χ0v) is 17.6. The van der Waals surface area contributed by atoms with E-state index in [9.17, 15) is 8.42 Å². The highest BCUT2D eigenvalue weighted by Gasteiger charge is 2.27. The number of sulfonamides is 1. The lowest BCUT2D eigenvalue weighted by molar-refractivity contribution is 0.265. The van der Waals surface area contributed by atoms with Crippen molar-refractivity contribution >= 4 is 27.3 Å². The molecule has 28 heavy (non-hydrogen) atoms. The molecule has 2 aromatic carbocycles. The zero-order valence-electron chi connectivity index (χ0n) is 16.0. The van der Waals surface area contributed by atoms with Crippen molar-refractivity contribution in [1.29, 1.82) is 5.26 Å². The van der Waals surface area contributed by atoms with Crippen LogP contribution in [0.2, 0.25) is 5.02 Å². The molecule has 0 aliphatic heterocycles. The molecular weight excluding hydrogens is 398 g/mol. The second kappa shape index (κ2) is 8.00. The third-order valence-electron chi connectivity index (χ3n) is 5.10. The van der Waals surface area contributed by atoms with Gasteiger partial charge in [0.15, 0.2) is 0 Å². The van der Waals surface area contributed by atoms with Crippen LogP contribution in [0, 0.1) is 11.3 Å².